The van der Waals surface area contributed by atoms with E-state index < -0.39 is 0 Å². The Balaban J connectivity index is 1.89. The van der Waals surface area contributed by atoms with Crippen molar-refractivity contribution in [2.24, 2.45) is 5.92 Å². The molecule has 2 heterocycles. The number of thiophene rings is 1. The molecular weight excluding hydrogens is 250 g/mol. The van der Waals surface area contributed by atoms with E-state index in [2.05, 4.69) is 10.2 Å². The zero-order valence-corrected chi connectivity index (χ0v) is 11.4. The van der Waals surface area contributed by atoms with Crippen molar-refractivity contribution in [1.29, 1.82) is 0 Å². The monoisotopic (exact) mass is 269 g/mol. The van der Waals surface area contributed by atoms with E-state index in [1.165, 1.54) is 24.2 Å². The number of nitro groups is 1. The molecule has 1 unspecified atom stereocenters. The van der Waals surface area contributed by atoms with Gasteiger partial charge in [0.15, 0.2) is 0 Å². The number of nitrogens with zero attached hydrogens (tertiary/aromatic N) is 2. The van der Waals surface area contributed by atoms with E-state index in [0.29, 0.717) is 5.92 Å². The van der Waals surface area contributed by atoms with Crippen LogP contribution in [0.5, 0.6) is 0 Å². The lowest BCUT2D eigenvalue weighted by molar-refractivity contribution is -0.380. The Morgan fingerprint density at radius 1 is 1.67 bits per heavy atom. The second-order valence-corrected chi connectivity index (χ2v) is 5.74. The van der Waals surface area contributed by atoms with Crippen LogP contribution in [0, 0.1) is 16.0 Å². The lowest BCUT2D eigenvalue weighted by Gasteiger charge is -2.32. The molecule has 100 valence electrons. The first-order chi connectivity index (χ1) is 8.69. The quantitative estimate of drug-likeness (QED) is 0.657. The van der Waals surface area contributed by atoms with E-state index in [-0.39, 0.29) is 9.92 Å². The van der Waals surface area contributed by atoms with Crippen molar-refractivity contribution in [1.82, 2.24) is 10.2 Å². The van der Waals surface area contributed by atoms with Crippen molar-refractivity contribution in [3.63, 3.8) is 0 Å². The first-order valence-electron chi connectivity index (χ1n) is 6.28. The molecule has 2 rings (SSSR count). The van der Waals surface area contributed by atoms with Crippen molar-refractivity contribution in [2.45, 2.75) is 19.4 Å². The molecule has 1 fully saturated rings. The average Bonchev–Trinajstić information content (AvgIpc) is 2.78. The van der Waals surface area contributed by atoms with Gasteiger partial charge < -0.3 is 5.32 Å². The van der Waals surface area contributed by atoms with Crippen LogP contribution in [0.4, 0.5) is 5.00 Å². The third kappa shape index (κ3) is 3.51. The lowest BCUT2D eigenvalue weighted by Crippen LogP contribution is -2.38. The van der Waals surface area contributed by atoms with Gasteiger partial charge in [-0.2, -0.15) is 0 Å². The standard InChI is InChI=1S/C12H19N3O2S/c1-13-6-10-3-2-4-14(7-10)8-11-5-12(15(16)17)18-9-11/h5,9-10,13H,2-4,6-8H2,1H3. The van der Waals surface area contributed by atoms with E-state index in [9.17, 15) is 10.1 Å². The molecule has 1 aliphatic heterocycles. The first-order valence-corrected chi connectivity index (χ1v) is 7.15. The topological polar surface area (TPSA) is 58.4 Å². The molecule has 0 aromatic carbocycles. The maximum atomic E-state index is 10.6. The molecular formula is C12H19N3O2S. The second-order valence-electron chi connectivity index (χ2n) is 4.85. The van der Waals surface area contributed by atoms with Crippen LogP contribution >= 0.6 is 11.3 Å². The van der Waals surface area contributed by atoms with Crippen LogP contribution in [0.1, 0.15) is 18.4 Å². The third-order valence-corrected chi connectivity index (χ3v) is 4.25. The van der Waals surface area contributed by atoms with Crippen molar-refractivity contribution in [3.05, 3.63) is 27.1 Å². The summed E-state index contributed by atoms with van der Waals surface area (Å²) in [6.07, 6.45) is 2.50. The molecule has 0 amide bonds. The molecule has 0 spiro atoms. The van der Waals surface area contributed by atoms with Crippen LogP contribution in [-0.4, -0.2) is 36.5 Å². The van der Waals surface area contributed by atoms with Crippen molar-refractivity contribution >= 4 is 16.3 Å². The van der Waals surface area contributed by atoms with Crippen molar-refractivity contribution in [3.8, 4) is 0 Å². The SMILES string of the molecule is CNCC1CCCN(Cc2csc([N+](=O)[O-])c2)C1. The van der Waals surface area contributed by atoms with Gasteiger partial charge >= 0.3 is 5.00 Å². The molecule has 1 aromatic rings. The number of piperidine rings is 1. The van der Waals surface area contributed by atoms with Gasteiger partial charge in [-0.3, -0.25) is 15.0 Å². The fourth-order valence-corrected chi connectivity index (χ4v) is 3.27. The van der Waals surface area contributed by atoms with Gasteiger partial charge in [-0.25, -0.2) is 0 Å². The number of hydrogen-bond acceptors (Lipinski definition) is 5. The minimum atomic E-state index is -0.311. The summed E-state index contributed by atoms with van der Waals surface area (Å²) >= 11 is 1.22. The molecule has 1 atom stereocenters. The Morgan fingerprint density at radius 3 is 3.17 bits per heavy atom. The molecule has 1 aliphatic rings. The van der Waals surface area contributed by atoms with E-state index in [1.807, 2.05) is 12.4 Å². The minimum Gasteiger partial charge on any atom is -0.319 e. The Kier molecular flexibility index (Phi) is 4.68. The number of hydrogen-bond donors (Lipinski definition) is 1. The van der Waals surface area contributed by atoms with Crippen LogP contribution in [0.2, 0.25) is 0 Å². The smallest absolute Gasteiger partial charge is 0.319 e. The Labute approximate surface area is 111 Å². The summed E-state index contributed by atoms with van der Waals surface area (Å²) in [6, 6.07) is 1.70. The molecule has 0 radical (unpaired) electrons. The molecule has 1 N–H and O–H groups in total. The summed E-state index contributed by atoms with van der Waals surface area (Å²) in [6.45, 7) is 4.08. The van der Waals surface area contributed by atoms with Crippen LogP contribution in [0.25, 0.3) is 0 Å². The predicted molar refractivity (Wildman–Crippen MR) is 72.9 cm³/mol. The Morgan fingerprint density at radius 2 is 2.50 bits per heavy atom. The van der Waals surface area contributed by atoms with Gasteiger partial charge in [-0.05, 0) is 44.5 Å². The summed E-state index contributed by atoms with van der Waals surface area (Å²) in [5.74, 6) is 0.706. The van der Waals surface area contributed by atoms with Gasteiger partial charge in [0, 0.05) is 24.5 Å². The second kappa shape index (κ2) is 6.26. The van der Waals surface area contributed by atoms with Crippen LogP contribution in [0.3, 0.4) is 0 Å². The molecule has 1 saturated heterocycles. The fourth-order valence-electron chi connectivity index (χ4n) is 2.55. The highest BCUT2D eigenvalue weighted by atomic mass is 32.1. The largest absolute Gasteiger partial charge is 0.324 e. The molecule has 5 nitrogen and oxygen atoms in total. The Hall–Kier alpha value is -0.980. The summed E-state index contributed by atoms with van der Waals surface area (Å²) < 4.78 is 0. The van der Waals surface area contributed by atoms with Crippen LogP contribution < -0.4 is 5.32 Å². The van der Waals surface area contributed by atoms with Crippen molar-refractivity contribution in [2.75, 3.05) is 26.7 Å². The third-order valence-electron chi connectivity index (χ3n) is 3.32. The van der Waals surface area contributed by atoms with Gasteiger partial charge in [0.25, 0.3) is 0 Å². The molecule has 6 heteroatoms. The van der Waals surface area contributed by atoms with Crippen LogP contribution in [0.15, 0.2) is 11.4 Å². The van der Waals surface area contributed by atoms with Gasteiger partial charge in [-0.1, -0.05) is 11.3 Å². The van der Waals surface area contributed by atoms with E-state index in [1.54, 1.807) is 6.07 Å². The summed E-state index contributed by atoms with van der Waals surface area (Å²) in [5.41, 5.74) is 1.07. The van der Waals surface area contributed by atoms with Gasteiger partial charge in [0.05, 0.1) is 4.92 Å². The summed E-state index contributed by atoms with van der Waals surface area (Å²) in [5, 5.41) is 16.0. The fraction of sp³-hybridized carbons (Fsp3) is 0.667. The summed E-state index contributed by atoms with van der Waals surface area (Å²) in [7, 11) is 1.99. The normalized spacial score (nSPS) is 21.1. The lowest BCUT2D eigenvalue weighted by atomic mass is 9.98. The highest BCUT2D eigenvalue weighted by molar-refractivity contribution is 7.13. The number of rotatable bonds is 5. The Bertz CT molecular complexity index is 406. The van der Waals surface area contributed by atoms with E-state index in [4.69, 9.17) is 0 Å². The maximum Gasteiger partial charge on any atom is 0.324 e. The zero-order valence-electron chi connectivity index (χ0n) is 10.6. The molecule has 0 bridgehead atoms. The van der Waals surface area contributed by atoms with E-state index >= 15 is 0 Å². The predicted octanol–water partition coefficient (Wildman–Crippen LogP) is 2.09. The highest BCUT2D eigenvalue weighted by Gasteiger charge is 2.20. The minimum absolute atomic E-state index is 0.244. The van der Waals surface area contributed by atoms with E-state index in [0.717, 1.165) is 31.7 Å². The zero-order chi connectivity index (χ0) is 13.0. The summed E-state index contributed by atoms with van der Waals surface area (Å²) in [4.78, 5) is 12.7. The molecule has 0 saturated carbocycles. The molecule has 1 aromatic heterocycles. The van der Waals surface area contributed by atoms with Crippen molar-refractivity contribution < 1.29 is 4.92 Å². The molecule has 18 heavy (non-hydrogen) atoms. The van der Waals surface area contributed by atoms with Gasteiger partial charge in [0.1, 0.15) is 0 Å². The van der Waals surface area contributed by atoms with Crippen LogP contribution in [-0.2, 0) is 6.54 Å². The molecule has 0 aliphatic carbocycles. The first kappa shape index (κ1) is 13.5. The number of nitrogens with one attached hydrogen (secondary N) is 1. The number of likely N-dealkylation sites (tertiary alicyclic amines) is 1. The van der Waals surface area contributed by atoms with Gasteiger partial charge in [-0.15, -0.1) is 0 Å². The highest BCUT2D eigenvalue weighted by Crippen LogP contribution is 2.25. The average molecular weight is 269 g/mol. The maximum absolute atomic E-state index is 10.6. The van der Waals surface area contributed by atoms with Gasteiger partial charge in [0.2, 0.25) is 0 Å².